The zero-order chi connectivity index (χ0) is 14.8. The molecular formula is C16H14BrN3O. The molecule has 0 aliphatic heterocycles. The fraction of sp³-hybridized carbons (Fsp3) is 0.0625. The quantitative estimate of drug-likeness (QED) is 0.674. The summed E-state index contributed by atoms with van der Waals surface area (Å²) in [4.78, 5) is 4.52. The van der Waals surface area contributed by atoms with Crippen molar-refractivity contribution in [2.24, 2.45) is 5.73 Å². The molecule has 5 heteroatoms. The standard InChI is InChI=1S/C16H14BrN3O/c17-14-4-2-12(7-11(14)9-18)19-16-6-1-10-8-13(21)3-5-15(10)20-16/h1-8,21H,9,18H2,(H,19,20). The van der Waals surface area contributed by atoms with E-state index in [0.29, 0.717) is 6.54 Å². The lowest BCUT2D eigenvalue weighted by molar-refractivity contribution is 0.476. The van der Waals surface area contributed by atoms with Crippen molar-refractivity contribution >= 4 is 38.3 Å². The number of rotatable bonds is 3. The summed E-state index contributed by atoms with van der Waals surface area (Å²) in [5.41, 5.74) is 8.50. The van der Waals surface area contributed by atoms with Gasteiger partial charge in [0.15, 0.2) is 0 Å². The fourth-order valence-corrected chi connectivity index (χ4v) is 2.55. The largest absolute Gasteiger partial charge is 0.508 e. The smallest absolute Gasteiger partial charge is 0.131 e. The monoisotopic (exact) mass is 343 g/mol. The van der Waals surface area contributed by atoms with Gasteiger partial charge in [-0.3, -0.25) is 0 Å². The van der Waals surface area contributed by atoms with Crippen LogP contribution in [0.4, 0.5) is 11.5 Å². The van der Waals surface area contributed by atoms with Crippen molar-refractivity contribution in [1.82, 2.24) is 4.98 Å². The second kappa shape index (κ2) is 5.71. The van der Waals surface area contributed by atoms with Crippen molar-refractivity contribution in [3.8, 4) is 5.75 Å². The molecule has 0 atom stereocenters. The molecule has 0 amide bonds. The van der Waals surface area contributed by atoms with Gasteiger partial charge in [-0.15, -0.1) is 0 Å². The summed E-state index contributed by atoms with van der Waals surface area (Å²) in [6, 6.07) is 14.8. The van der Waals surface area contributed by atoms with E-state index in [-0.39, 0.29) is 5.75 Å². The number of hydrogen-bond donors (Lipinski definition) is 3. The number of anilines is 2. The molecule has 0 aliphatic carbocycles. The number of hydrogen-bond acceptors (Lipinski definition) is 4. The maximum absolute atomic E-state index is 9.46. The number of phenolic OH excluding ortho intramolecular Hbond substituents is 1. The van der Waals surface area contributed by atoms with E-state index in [4.69, 9.17) is 5.73 Å². The Morgan fingerprint density at radius 3 is 2.76 bits per heavy atom. The van der Waals surface area contributed by atoms with E-state index in [1.54, 1.807) is 18.2 Å². The van der Waals surface area contributed by atoms with Crippen LogP contribution in [0.5, 0.6) is 5.75 Å². The molecule has 1 heterocycles. The van der Waals surface area contributed by atoms with Crippen molar-refractivity contribution in [2.45, 2.75) is 6.54 Å². The van der Waals surface area contributed by atoms with Crippen LogP contribution in [0.2, 0.25) is 0 Å². The molecule has 2 aromatic carbocycles. The number of nitrogens with one attached hydrogen (secondary N) is 1. The molecular weight excluding hydrogens is 330 g/mol. The first kappa shape index (κ1) is 13.9. The van der Waals surface area contributed by atoms with Gasteiger partial charge in [-0.05, 0) is 54.1 Å². The van der Waals surface area contributed by atoms with Gasteiger partial charge in [-0.2, -0.15) is 0 Å². The van der Waals surface area contributed by atoms with Gasteiger partial charge in [-0.1, -0.05) is 15.9 Å². The first-order chi connectivity index (χ1) is 10.2. The van der Waals surface area contributed by atoms with Gasteiger partial charge in [0.2, 0.25) is 0 Å². The third kappa shape index (κ3) is 2.99. The van der Waals surface area contributed by atoms with E-state index < -0.39 is 0 Å². The summed E-state index contributed by atoms with van der Waals surface area (Å²) in [6.45, 7) is 0.473. The van der Waals surface area contributed by atoms with Crippen LogP contribution in [0, 0.1) is 0 Å². The number of halogens is 1. The average molecular weight is 344 g/mol. The van der Waals surface area contributed by atoms with Gasteiger partial charge in [0.1, 0.15) is 11.6 Å². The van der Waals surface area contributed by atoms with Crippen LogP contribution in [-0.4, -0.2) is 10.1 Å². The Morgan fingerprint density at radius 2 is 1.95 bits per heavy atom. The number of pyridine rings is 1. The van der Waals surface area contributed by atoms with Crippen molar-refractivity contribution in [1.29, 1.82) is 0 Å². The summed E-state index contributed by atoms with van der Waals surface area (Å²) < 4.78 is 0.998. The predicted octanol–water partition coefficient (Wildman–Crippen LogP) is 3.91. The molecule has 0 fully saturated rings. The van der Waals surface area contributed by atoms with E-state index in [0.717, 1.165) is 32.4 Å². The lowest BCUT2D eigenvalue weighted by Crippen LogP contribution is -1.99. The minimum atomic E-state index is 0.241. The van der Waals surface area contributed by atoms with Crippen LogP contribution in [0.3, 0.4) is 0 Å². The summed E-state index contributed by atoms with van der Waals surface area (Å²) in [5, 5.41) is 13.6. The third-order valence-corrected chi connectivity index (χ3v) is 3.98. The fourth-order valence-electron chi connectivity index (χ4n) is 2.14. The highest BCUT2D eigenvalue weighted by atomic mass is 79.9. The van der Waals surface area contributed by atoms with Crippen LogP contribution < -0.4 is 11.1 Å². The first-order valence-corrected chi connectivity index (χ1v) is 7.30. The van der Waals surface area contributed by atoms with Gasteiger partial charge in [0.25, 0.3) is 0 Å². The number of nitrogens with zero attached hydrogens (tertiary/aromatic N) is 1. The zero-order valence-corrected chi connectivity index (χ0v) is 12.8. The summed E-state index contributed by atoms with van der Waals surface area (Å²) >= 11 is 3.47. The molecule has 0 radical (unpaired) electrons. The second-order valence-electron chi connectivity index (χ2n) is 4.71. The lowest BCUT2D eigenvalue weighted by atomic mass is 10.2. The molecule has 0 bridgehead atoms. The zero-order valence-electron chi connectivity index (χ0n) is 11.2. The summed E-state index contributed by atoms with van der Waals surface area (Å²) in [7, 11) is 0. The molecule has 4 nitrogen and oxygen atoms in total. The molecule has 0 saturated carbocycles. The Kier molecular flexibility index (Phi) is 3.77. The summed E-state index contributed by atoms with van der Waals surface area (Å²) in [6.07, 6.45) is 0. The highest BCUT2D eigenvalue weighted by Crippen LogP contribution is 2.25. The predicted molar refractivity (Wildman–Crippen MR) is 88.7 cm³/mol. The number of aromatic nitrogens is 1. The van der Waals surface area contributed by atoms with E-state index in [2.05, 4.69) is 26.2 Å². The average Bonchev–Trinajstić information content (AvgIpc) is 2.49. The first-order valence-electron chi connectivity index (χ1n) is 6.51. The number of benzene rings is 2. The molecule has 0 unspecified atom stereocenters. The molecule has 21 heavy (non-hydrogen) atoms. The van der Waals surface area contributed by atoms with Crippen molar-refractivity contribution in [3.05, 3.63) is 58.6 Å². The Morgan fingerprint density at radius 1 is 1.10 bits per heavy atom. The van der Waals surface area contributed by atoms with Crippen LogP contribution in [0.15, 0.2) is 53.0 Å². The molecule has 3 rings (SSSR count). The second-order valence-corrected chi connectivity index (χ2v) is 5.56. The minimum absolute atomic E-state index is 0.241. The normalized spacial score (nSPS) is 10.8. The highest BCUT2D eigenvalue weighted by molar-refractivity contribution is 9.10. The molecule has 0 spiro atoms. The number of aromatic hydroxyl groups is 1. The molecule has 4 N–H and O–H groups in total. The van der Waals surface area contributed by atoms with Gasteiger partial charge in [-0.25, -0.2) is 4.98 Å². The third-order valence-electron chi connectivity index (χ3n) is 3.21. The molecule has 0 aliphatic rings. The van der Waals surface area contributed by atoms with Crippen molar-refractivity contribution in [2.75, 3.05) is 5.32 Å². The molecule has 3 aromatic rings. The lowest BCUT2D eigenvalue weighted by Gasteiger charge is -2.09. The maximum atomic E-state index is 9.46. The maximum Gasteiger partial charge on any atom is 0.131 e. The number of fused-ring (bicyclic) bond motifs is 1. The van der Waals surface area contributed by atoms with Crippen LogP contribution >= 0.6 is 15.9 Å². The van der Waals surface area contributed by atoms with Gasteiger partial charge >= 0.3 is 0 Å². The van der Waals surface area contributed by atoms with E-state index in [1.165, 1.54) is 0 Å². The van der Waals surface area contributed by atoms with Gasteiger partial charge in [0, 0.05) is 22.1 Å². The van der Waals surface area contributed by atoms with E-state index in [1.807, 2.05) is 30.3 Å². The molecule has 1 aromatic heterocycles. The van der Waals surface area contributed by atoms with Gasteiger partial charge < -0.3 is 16.2 Å². The number of nitrogens with two attached hydrogens (primary N) is 1. The highest BCUT2D eigenvalue weighted by Gasteiger charge is 2.03. The van der Waals surface area contributed by atoms with Crippen molar-refractivity contribution < 1.29 is 5.11 Å². The Bertz CT molecular complexity index is 805. The number of phenols is 1. The molecule has 0 saturated heterocycles. The van der Waals surface area contributed by atoms with Gasteiger partial charge in [0.05, 0.1) is 5.52 Å². The van der Waals surface area contributed by atoms with Crippen LogP contribution in [-0.2, 0) is 6.54 Å². The topological polar surface area (TPSA) is 71.2 Å². The summed E-state index contributed by atoms with van der Waals surface area (Å²) in [5.74, 6) is 0.990. The minimum Gasteiger partial charge on any atom is -0.508 e. The Hall–Kier alpha value is -2.11. The Labute approximate surface area is 130 Å². The Balaban J connectivity index is 1.92. The van der Waals surface area contributed by atoms with Crippen LogP contribution in [0.25, 0.3) is 10.9 Å². The van der Waals surface area contributed by atoms with E-state index >= 15 is 0 Å². The van der Waals surface area contributed by atoms with Crippen molar-refractivity contribution in [3.63, 3.8) is 0 Å². The van der Waals surface area contributed by atoms with Crippen LogP contribution in [0.1, 0.15) is 5.56 Å². The SMILES string of the molecule is NCc1cc(Nc2ccc3cc(O)ccc3n2)ccc1Br. The molecule has 106 valence electrons. The van der Waals surface area contributed by atoms with E-state index in [9.17, 15) is 5.11 Å².